The van der Waals surface area contributed by atoms with Crippen LogP contribution in [0.1, 0.15) is 51.3 Å². The molecule has 1 atom stereocenters. The maximum atomic E-state index is 13.8. The number of aryl methyl sites for hydroxylation is 2. The number of H-pyrrole nitrogens is 1. The molecule has 3 aromatic carbocycles. The Balaban J connectivity index is 1.71. The van der Waals surface area contributed by atoms with Crippen LogP contribution in [0.5, 0.6) is 17.2 Å². The molecule has 0 aliphatic carbocycles. The van der Waals surface area contributed by atoms with E-state index in [0.717, 1.165) is 22.3 Å². The van der Waals surface area contributed by atoms with Crippen molar-refractivity contribution in [3.8, 4) is 28.5 Å². The molecule has 7 nitrogen and oxygen atoms in total. The average Bonchev–Trinajstić information content (AvgIpc) is 3.42. The van der Waals surface area contributed by atoms with E-state index < -0.39 is 6.04 Å². The van der Waals surface area contributed by atoms with E-state index in [2.05, 4.69) is 10.2 Å². The molecule has 0 saturated carbocycles. The van der Waals surface area contributed by atoms with E-state index in [4.69, 9.17) is 21.1 Å². The summed E-state index contributed by atoms with van der Waals surface area (Å²) < 4.78 is 11.3. The summed E-state index contributed by atoms with van der Waals surface area (Å²) in [4.78, 5) is 15.5. The third-order valence-electron chi connectivity index (χ3n) is 6.67. The van der Waals surface area contributed by atoms with Gasteiger partial charge in [0.15, 0.2) is 11.5 Å². The molecule has 0 saturated heterocycles. The van der Waals surface area contributed by atoms with Crippen LogP contribution in [0.25, 0.3) is 11.3 Å². The van der Waals surface area contributed by atoms with Crippen LogP contribution in [0, 0.1) is 13.8 Å². The van der Waals surface area contributed by atoms with Gasteiger partial charge < -0.3 is 19.5 Å². The lowest BCUT2D eigenvalue weighted by Crippen LogP contribution is -2.29. The molecule has 2 N–H and O–H groups in total. The van der Waals surface area contributed by atoms with Crippen LogP contribution in [0.3, 0.4) is 0 Å². The first kappa shape index (κ1) is 24.7. The first-order chi connectivity index (χ1) is 17.8. The molecule has 190 valence electrons. The number of hydrogen-bond acceptors (Lipinski definition) is 5. The molecule has 1 unspecified atom stereocenters. The van der Waals surface area contributed by atoms with Gasteiger partial charge in [0.25, 0.3) is 5.91 Å². The Morgan fingerprint density at radius 3 is 2.62 bits per heavy atom. The molecular formula is C29H28ClN3O4. The number of aromatic amines is 1. The van der Waals surface area contributed by atoms with Gasteiger partial charge >= 0.3 is 0 Å². The lowest BCUT2D eigenvalue weighted by Gasteiger charge is -2.27. The predicted octanol–water partition coefficient (Wildman–Crippen LogP) is 6.21. The molecular weight excluding hydrogens is 490 g/mol. The summed E-state index contributed by atoms with van der Waals surface area (Å²) in [5, 5.41) is 19.0. The number of phenolic OH excluding ortho intramolecular Hbond substituents is 1. The second-order valence-electron chi connectivity index (χ2n) is 9.11. The minimum Gasteiger partial charge on any atom is -0.507 e. The monoisotopic (exact) mass is 517 g/mol. The Labute approximate surface area is 220 Å². The van der Waals surface area contributed by atoms with Crippen LogP contribution in [-0.4, -0.2) is 39.8 Å². The van der Waals surface area contributed by atoms with Gasteiger partial charge in [-0.05, 0) is 67.3 Å². The number of halogens is 1. The molecule has 0 fully saturated rings. The number of carbonyl (C=O) groups excluding carboxylic acids is 1. The number of rotatable bonds is 7. The van der Waals surface area contributed by atoms with Crippen LogP contribution in [0.4, 0.5) is 0 Å². The zero-order chi connectivity index (χ0) is 26.3. The number of benzene rings is 3. The lowest BCUT2D eigenvalue weighted by molar-refractivity contribution is 0.0730. The fourth-order valence-corrected chi connectivity index (χ4v) is 5.19. The first-order valence-electron chi connectivity index (χ1n) is 12.1. The van der Waals surface area contributed by atoms with Crippen LogP contribution in [0.2, 0.25) is 5.02 Å². The highest BCUT2D eigenvalue weighted by Crippen LogP contribution is 2.47. The first-order valence-corrected chi connectivity index (χ1v) is 12.5. The molecule has 0 radical (unpaired) electrons. The minimum atomic E-state index is -0.502. The molecule has 0 bridgehead atoms. The number of methoxy groups -OCH3 is 1. The molecule has 1 amide bonds. The highest BCUT2D eigenvalue weighted by atomic mass is 35.5. The van der Waals surface area contributed by atoms with Crippen LogP contribution < -0.4 is 9.47 Å². The van der Waals surface area contributed by atoms with Gasteiger partial charge in [0.05, 0.1) is 19.8 Å². The maximum Gasteiger partial charge on any atom is 0.273 e. The molecule has 0 spiro atoms. The molecule has 1 aliphatic rings. The number of ether oxygens (including phenoxy) is 2. The van der Waals surface area contributed by atoms with Gasteiger partial charge in [-0.3, -0.25) is 9.89 Å². The van der Waals surface area contributed by atoms with E-state index in [1.807, 2.05) is 75.4 Å². The van der Waals surface area contributed by atoms with Gasteiger partial charge in [-0.15, -0.1) is 0 Å². The number of phenols is 1. The summed E-state index contributed by atoms with van der Waals surface area (Å²) in [6.45, 7) is 6.52. The van der Waals surface area contributed by atoms with E-state index in [0.29, 0.717) is 52.2 Å². The number of aromatic hydroxyl groups is 1. The number of nitrogens with one attached hydrogen (secondary N) is 1. The molecule has 2 heterocycles. The Kier molecular flexibility index (Phi) is 6.56. The van der Waals surface area contributed by atoms with Crippen molar-refractivity contribution in [3.05, 3.63) is 93.1 Å². The zero-order valence-electron chi connectivity index (χ0n) is 21.1. The quantitative estimate of drug-likeness (QED) is 0.304. The van der Waals surface area contributed by atoms with Gasteiger partial charge in [0.1, 0.15) is 17.1 Å². The summed E-state index contributed by atoms with van der Waals surface area (Å²) in [5.41, 5.74) is 5.57. The van der Waals surface area contributed by atoms with Crippen molar-refractivity contribution in [1.82, 2.24) is 15.1 Å². The predicted molar refractivity (Wildman–Crippen MR) is 142 cm³/mol. The summed E-state index contributed by atoms with van der Waals surface area (Å²) in [6, 6.07) is 16.4. The molecule has 4 aromatic rings. The summed E-state index contributed by atoms with van der Waals surface area (Å²) in [7, 11) is 1.59. The average molecular weight is 518 g/mol. The van der Waals surface area contributed by atoms with E-state index in [1.54, 1.807) is 12.0 Å². The molecule has 1 aromatic heterocycles. The van der Waals surface area contributed by atoms with Crippen LogP contribution in [-0.2, 0) is 6.54 Å². The fourth-order valence-electron chi connectivity index (χ4n) is 4.99. The second kappa shape index (κ2) is 9.82. The number of amides is 1. The van der Waals surface area contributed by atoms with Crippen molar-refractivity contribution in [2.75, 3.05) is 13.7 Å². The van der Waals surface area contributed by atoms with Crippen molar-refractivity contribution in [3.63, 3.8) is 0 Å². The van der Waals surface area contributed by atoms with Gasteiger partial charge in [-0.1, -0.05) is 41.9 Å². The Morgan fingerprint density at radius 1 is 1.11 bits per heavy atom. The molecule has 37 heavy (non-hydrogen) atoms. The standard InChI is InChI=1S/C29H28ClN3O4/c1-5-37-22-11-10-18(14-23(22)36-4)27-24-25(20-13-16(2)12-17(3)28(20)34)31-32-26(24)29(35)33(27)15-19-8-6-7-9-21(19)30/h6-14,27,34H,5,15H2,1-4H3,(H,31,32). The normalized spacial score (nSPS) is 14.7. The topological polar surface area (TPSA) is 87.7 Å². The van der Waals surface area contributed by atoms with Crippen molar-refractivity contribution in [2.45, 2.75) is 33.4 Å². The third kappa shape index (κ3) is 4.29. The molecule has 5 rings (SSSR count). The van der Waals surface area contributed by atoms with Gasteiger partial charge in [-0.2, -0.15) is 5.10 Å². The van der Waals surface area contributed by atoms with Gasteiger partial charge in [0.2, 0.25) is 0 Å². The number of hydrogen-bond donors (Lipinski definition) is 2. The van der Waals surface area contributed by atoms with E-state index in [9.17, 15) is 9.90 Å². The molecule has 8 heteroatoms. The Morgan fingerprint density at radius 2 is 1.89 bits per heavy atom. The lowest BCUT2D eigenvalue weighted by atomic mass is 9.93. The minimum absolute atomic E-state index is 0.139. The highest BCUT2D eigenvalue weighted by molar-refractivity contribution is 6.31. The Hall–Kier alpha value is -3.97. The molecule has 1 aliphatic heterocycles. The van der Waals surface area contributed by atoms with Crippen molar-refractivity contribution in [1.29, 1.82) is 0 Å². The third-order valence-corrected chi connectivity index (χ3v) is 7.03. The second-order valence-corrected chi connectivity index (χ2v) is 9.52. The zero-order valence-corrected chi connectivity index (χ0v) is 21.9. The number of nitrogens with zero attached hydrogens (tertiary/aromatic N) is 2. The van der Waals surface area contributed by atoms with Crippen LogP contribution >= 0.6 is 11.6 Å². The number of aromatic nitrogens is 2. The summed E-state index contributed by atoms with van der Waals surface area (Å²) in [5.74, 6) is 1.13. The van der Waals surface area contributed by atoms with E-state index >= 15 is 0 Å². The fraction of sp³-hybridized carbons (Fsp3) is 0.241. The Bertz CT molecular complexity index is 1500. The van der Waals surface area contributed by atoms with Gasteiger partial charge in [-0.25, -0.2) is 0 Å². The largest absolute Gasteiger partial charge is 0.507 e. The highest BCUT2D eigenvalue weighted by Gasteiger charge is 2.43. The van der Waals surface area contributed by atoms with E-state index in [-0.39, 0.29) is 11.7 Å². The number of carbonyl (C=O) groups is 1. The number of fused-ring (bicyclic) bond motifs is 1. The summed E-state index contributed by atoms with van der Waals surface area (Å²) in [6.07, 6.45) is 0. The van der Waals surface area contributed by atoms with Crippen molar-refractivity contribution in [2.24, 2.45) is 0 Å². The smallest absolute Gasteiger partial charge is 0.273 e. The van der Waals surface area contributed by atoms with Crippen molar-refractivity contribution < 1.29 is 19.4 Å². The van der Waals surface area contributed by atoms with E-state index in [1.165, 1.54) is 0 Å². The summed E-state index contributed by atoms with van der Waals surface area (Å²) >= 11 is 6.49. The van der Waals surface area contributed by atoms with Crippen LogP contribution in [0.15, 0.2) is 54.6 Å². The SMILES string of the molecule is CCOc1ccc(C2c3c(-c4cc(C)cc(C)c4O)n[nH]c3C(=O)N2Cc2ccccc2Cl)cc1OC. The van der Waals surface area contributed by atoms with Gasteiger partial charge in [0, 0.05) is 22.7 Å². The maximum absolute atomic E-state index is 13.8. The van der Waals surface area contributed by atoms with Crippen molar-refractivity contribution >= 4 is 17.5 Å².